The summed E-state index contributed by atoms with van der Waals surface area (Å²) >= 11 is 0. The van der Waals surface area contributed by atoms with E-state index in [2.05, 4.69) is 10.3 Å². The predicted molar refractivity (Wildman–Crippen MR) is 92.2 cm³/mol. The van der Waals surface area contributed by atoms with Gasteiger partial charge in [0, 0.05) is 29.7 Å². The van der Waals surface area contributed by atoms with Gasteiger partial charge in [0.1, 0.15) is 0 Å². The van der Waals surface area contributed by atoms with Gasteiger partial charge >= 0.3 is 0 Å². The van der Waals surface area contributed by atoms with Crippen LogP contribution in [-0.2, 0) is 11.2 Å². The second kappa shape index (κ2) is 7.64. The molecule has 1 aromatic heterocycles. The van der Waals surface area contributed by atoms with Gasteiger partial charge in [0.05, 0.1) is 6.42 Å². The number of nitrogens with one attached hydrogen (secondary N) is 2. The van der Waals surface area contributed by atoms with Gasteiger partial charge in [-0.05, 0) is 36.8 Å². The van der Waals surface area contributed by atoms with Gasteiger partial charge in [-0.1, -0.05) is 37.5 Å². The molecule has 3 N–H and O–H groups in total. The first-order valence-electron chi connectivity index (χ1n) is 8.73. The first-order chi connectivity index (χ1) is 11.3. The van der Waals surface area contributed by atoms with E-state index in [1.165, 1.54) is 19.3 Å². The van der Waals surface area contributed by atoms with Crippen LogP contribution in [0.25, 0.3) is 10.9 Å². The van der Waals surface area contributed by atoms with E-state index < -0.39 is 0 Å². The minimum atomic E-state index is 0.0544. The van der Waals surface area contributed by atoms with Crippen LogP contribution in [-0.4, -0.2) is 28.6 Å². The molecule has 124 valence electrons. The molecule has 1 unspecified atom stereocenters. The largest absolute Gasteiger partial charge is 0.396 e. The van der Waals surface area contributed by atoms with E-state index in [-0.39, 0.29) is 18.6 Å². The van der Waals surface area contributed by atoms with Crippen molar-refractivity contribution in [2.24, 2.45) is 5.92 Å². The highest BCUT2D eigenvalue weighted by Gasteiger charge is 2.24. The van der Waals surface area contributed by atoms with E-state index in [1.807, 2.05) is 30.5 Å². The first-order valence-corrected chi connectivity index (χ1v) is 8.73. The molecular weight excluding hydrogens is 288 g/mol. The predicted octanol–water partition coefficient (Wildman–Crippen LogP) is 3.16. The number of para-hydroxylation sites is 1. The number of hydrogen-bond donors (Lipinski definition) is 3. The number of aliphatic hydroxyl groups excluding tert-OH is 1. The van der Waals surface area contributed by atoms with Crippen molar-refractivity contribution in [1.82, 2.24) is 10.3 Å². The van der Waals surface area contributed by atoms with Crippen LogP contribution in [0.2, 0.25) is 0 Å². The van der Waals surface area contributed by atoms with Gasteiger partial charge in [0.2, 0.25) is 5.91 Å². The molecule has 1 heterocycles. The average molecular weight is 314 g/mol. The van der Waals surface area contributed by atoms with Crippen LogP contribution in [0.4, 0.5) is 0 Å². The molecule has 0 spiro atoms. The first kappa shape index (κ1) is 16.1. The number of H-pyrrole nitrogens is 1. The third-order valence-electron chi connectivity index (χ3n) is 5.03. The lowest BCUT2D eigenvalue weighted by Crippen LogP contribution is -2.42. The molecular formula is C19H26N2O2. The molecule has 1 saturated carbocycles. The van der Waals surface area contributed by atoms with Gasteiger partial charge in [0.15, 0.2) is 0 Å². The van der Waals surface area contributed by atoms with Gasteiger partial charge in [0.25, 0.3) is 0 Å². The Morgan fingerprint density at radius 3 is 2.83 bits per heavy atom. The Bertz CT molecular complexity index is 644. The molecule has 1 aromatic carbocycles. The van der Waals surface area contributed by atoms with Crippen LogP contribution in [0.15, 0.2) is 30.5 Å². The molecule has 0 aliphatic heterocycles. The molecule has 3 rings (SSSR count). The summed E-state index contributed by atoms with van der Waals surface area (Å²) in [5.74, 6) is 0.571. The molecule has 0 bridgehead atoms. The van der Waals surface area contributed by atoms with Gasteiger partial charge in [-0.2, -0.15) is 0 Å². The van der Waals surface area contributed by atoms with Crippen molar-refractivity contribution in [3.05, 3.63) is 36.0 Å². The van der Waals surface area contributed by atoms with Crippen LogP contribution >= 0.6 is 0 Å². The Hall–Kier alpha value is -1.81. The minimum absolute atomic E-state index is 0.0544. The molecule has 4 heteroatoms. The summed E-state index contributed by atoms with van der Waals surface area (Å²) in [6.07, 6.45) is 9.08. The number of carbonyl (C=O) groups excluding carboxylic acids is 1. The van der Waals surface area contributed by atoms with Gasteiger partial charge in [-0.15, -0.1) is 0 Å². The van der Waals surface area contributed by atoms with Crippen molar-refractivity contribution >= 4 is 16.8 Å². The molecule has 1 amide bonds. The van der Waals surface area contributed by atoms with Crippen LogP contribution in [0.3, 0.4) is 0 Å². The summed E-state index contributed by atoms with van der Waals surface area (Å²) in [7, 11) is 0. The monoisotopic (exact) mass is 314 g/mol. The number of aromatic nitrogens is 1. The summed E-state index contributed by atoms with van der Waals surface area (Å²) in [5.41, 5.74) is 2.10. The summed E-state index contributed by atoms with van der Waals surface area (Å²) in [5, 5.41) is 13.6. The second-order valence-electron chi connectivity index (χ2n) is 6.62. The Balaban J connectivity index is 1.64. The Morgan fingerprint density at radius 2 is 2.04 bits per heavy atom. The fraction of sp³-hybridized carbons (Fsp3) is 0.526. The highest BCUT2D eigenvalue weighted by molar-refractivity contribution is 5.88. The van der Waals surface area contributed by atoms with E-state index >= 15 is 0 Å². The highest BCUT2D eigenvalue weighted by atomic mass is 16.3. The molecule has 0 saturated heterocycles. The maximum absolute atomic E-state index is 12.5. The third-order valence-corrected chi connectivity index (χ3v) is 5.03. The third kappa shape index (κ3) is 3.94. The zero-order chi connectivity index (χ0) is 16.1. The zero-order valence-corrected chi connectivity index (χ0v) is 13.6. The van der Waals surface area contributed by atoms with Crippen molar-refractivity contribution in [2.75, 3.05) is 6.61 Å². The number of aromatic amines is 1. The van der Waals surface area contributed by atoms with Crippen LogP contribution in [0.1, 0.15) is 44.1 Å². The summed E-state index contributed by atoms with van der Waals surface area (Å²) in [6, 6.07) is 8.16. The molecule has 2 aromatic rings. The molecule has 0 radical (unpaired) electrons. The fourth-order valence-corrected chi connectivity index (χ4v) is 3.81. The number of amides is 1. The number of rotatable bonds is 6. The zero-order valence-electron chi connectivity index (χ0n) is 13.6. The normalized spacial score (nSPS) is 17.3. The number of benzene rings is 1. The van der Waals surface area contributed by atoms with Gasteiger partial charge < -0.3 is 15.4 Å². The van der Waals surface area contributed by atoms with Gasteiger partial charge in [-0.3, -0.25) is 4.79 Å². The minimum Gasteiger partial charge on any atom is -0.396 e. The van der Waals surface area contributed by atoms with E-state index in [1.54, 1.807) is 0 Å². The Morgan fingerprint density at radius 1 is 1.26 bits per heavy atom. The van der Waals surface area contributed by atoms with Gasteiger partial charge in [-0.25, -0.2) is 0 Å². The quantitative estimate of drug-likeness (QED) is 0.767. The average Bonchev–Trinajstić information content (AvgIpc) is 2.98. The van der Waals surface area contributed by atoms with Crippen molar-refractivity contribution in [1.29, 1.82) is 0 Å². The number of aliphatic hydroxyl groups is 1. The summed E-state index contributed by atoms with van der Waals surface area (Å²) in [6.45, 7) is 0.133. The Labute approximate surface area is 137 Å². The maximum Gasteiger partial charge on any atom is 0.224 e. The molecule has 1 atom stereocenters. The molecule has 1 fully saturated rings. The van der Waals surface area contributed by atoms with Crippen molar-refractivity contribution in [3.63, 3.8) is 0 Å². The lowest BCUT2D eigenvalue weighted by atomic mass is 9.82. The van der Waals surface area contributed by atoms with Crippen LogP contribution < -0.4 is 5.32 Å². The van der Waals surface area contributed by atoms with Crippen molar-refractivity contribution in [3.8, 4) is 0 Å². The number of fused-ring (bicyclic) bond motifs is 1. The van der Waals surface area contributed by atoms with Crippen molar-refractivity contribution in [2.45, 2.75) is 51.0 Å². The maximum atomic E-state index is 12.5. The highest BCUT2D eigenvalue weighted by Crippen LogP contribution is 2.28. The fourth-order valence-electron chi connectivity index (χ4n) is 3.81. The van der Waals surface area contributed by atoms with Crippen LogP contribution in [0.5, 0.6) is 0 Å². The number of hydrogen-bond acceptors (Lipinski definition) is 2. The number of carbonyl (C=O) groups is 1. The summed E-state index contributed by atoms with van der Waals surface area (Å²) in [4.78, 5) is 15.7. The molecule has 4 nitrogen and oxygen atoms in total. The molecule has 23 heavy (non-hydrogen) atoms. The smallest absolute Gasteiger partial charge is 0.224 e. The standard InChI is InChI=1S/C19H26N2O2/c22-11-10-17(14-6-2-1-3-7-14)21-19(23)12-15-13-20-18-9-5-4-8-16(15)18/h4-5,8-9,13-14,17,20,22H,1-3,6-7,10-12H2,(H,21,23). The topological polar surface area (TPSA) is 65.1 Å². The van der Waals surface area contributed by atoms with E-state index in [0.29, 0.717) is 18.8 Å². The molecule has 1 aliphatic carbocycles. The SMILES string of the molecule is O=C(Cc1c[nH]c2ccccc12)NC(CCO)C1CCCCC1. The van der Waals surface area contributed by atoms with E-state index in [9.17, 15) is 9.90 Å². The van der Waals surface area contributed by atoms with E-state index in [4.69, 9.17) is 0 Å². The molecule has 1 aliphatic rings. The lowest BCUT2D eigenvalue weighted by Gasteiger charge is -2.30. The second-order valence-corrected chi connectivity index (χ2v) is 6.62. The van der Waals surface area contributed by atoms with E-state index in [0.717, 1.165) is 29.3 Å². The van der Waals surface area contributed by atoms with Crippen LogP contribution in [0, 0.1) is 5.92 Å². The summed E-state index contributed by atoms with van der Waals surface area (Å²) < 4.78 is 0. The Kier molecular flexibility index (Phi) is 5.34. The lowest BCUT2D eigenvalue weighted by molar-refractivity contribution is -0.121. The van der Waals surface area contributed by atoms with Crippen molar-refractivity contribution < 1.29 is 9.90 Å².